The Morgan fingerprint density at radius 2 is 1.10 bits per heavy atom. The van der Waals surface area contributed by atoms with Crippen molar-refractivity contribution in [1.82, 2.24) is 13.7 Å². The van der Waals surface area contributed by atoms with Crippen molar-refractivity contribution in [2.45, 2.75) is 148 Å². The summed E-state index contributed by atoms with van der Waals surface area (Å²) in [6.07, 6.45) is 10.4. The minimum absolute atomic E-state index is 0.00266. The van der Waals surface area contributed by atoms with Gasteiger partial charge in [0, 0.05) is 44.8 Å². The zero-order valence-electron chi connectivity index (χ0n) is 30.4. The molecule has 7 unspecified atom stereocenters. The lowest BCUT2D eigenvalue weighted by molar-refractivity contribution is -0.147. The maximum Gasteiger partial charge on any atom is 0.336 e. The number of carbonyl (C=O) groups excluding carboxylic acids is 3. The molecular weight excluding hydrogens is 662 g/mol. The predicted molar refractivity (Wildman–Crippen MR) is 185 cm³/mol. The molecule has 0 aromatic carbocycles. The lowest BCUT2D eigenvalue weighted by atomic mass is 9.83. The van der Waals surface area contributed by atoms with Gasteiger partial charge >= 0.3 is 35.0 Å². The molecule has 4 aliphatic rings. The zero-order valence-corrected chi connectivity index (χ0v) is 30.4. The van der Waals surface area contributed by atoms with E-state index in [0.717, 1.165) is 65.1 Å². The van der Waals surface area contributed by atoms with Crippen LogP contribution in [-0.2, 0) is 57.7 Å². The van der Waals surface area contributed by atoms with Crippen molar-refractivity contribution in [1.29, 1.82) is 0 Å². The molecule has 7 atom stereocenters. The van der Waals surface area contributed by atoms with Gasteiger partial charge in [0.05, 0.1) is 44.7 Å². The maximum absolute atomic E-state index is 13.5. The van der Waals surface area contributed by atoms with Gasteiger partial charge in [-0.05, 0) is 88.9 Å². The standard InChI is InChI=1S/C37H57N3O11/c1-25-7-3-8-27(19-25)21-48-32(41)9-4-16-38-35(44)39(17-5-10-33(42)49-22-28-14-15-30-31(20-28)51-30)37(46)40(36(38)45)18-6-11-34(43)50-24-29-13-12-26(2)47-23-29/h25-31H,3-24H2,1-2H3. The van der Waals surface area contributed by atoms with Crippen LogP contribution >= 0.6 is 0 Å². The third-order valence-electron chi connectivity index (χ3n) is 10.9. The van der Waals surface area contributed by atoms with Gasteiger partial charge in [-0.1, -0.05) is 19.8 Å². The van der Waals surface area contributed by atoms with Gasteiger partial charge in [0.15, 0.2) is 0 Å². The second kappa shape index (κ2) is 19.0. The summed E-state index contributed by atoms with van der Waals surface area (Å²) in [5, 5.41) is 0. The summed E-state index contributed by atoms with van der Waals surface area (Å²) in [6.45, 7) is 5.41. The number of carbonyl (C=O) groups is 3. The Morgan fingerprint density at radius 1 is 0.608 bits per heavy atom. The number of ether oxygens (including phenoxy) is 5. The Hall–Kier alpha value is -3.26. The van der Waals surface area contributed by atoms with Gasteiger partial charge in [0.25, 0.3) is 0 Å². The van der Waals surface area contributed by atoms with Crippen LogP contribution < -0.4 is 17.1 Å². The third-order valence-corrected chi connectivity index (χ3v) is 10.9. The Labute approximate surface area is 299 Å². The number of epoxide rings is 1. The summed E-state index contributed by atoms with van der Waals surface area (Å²) >= 11 is 0. The molecule has 14 nitrogen and oxygen atoms in total. The Bertz CT molecular complexity index is 1440. The monoisotopic (exact) mass is 719 g/mol. The molecule has 51 heavy (non-hydrogen) atoms. The van der Waals surface area contributed by atoms with Crippen molar-refractivity contribution in [3.05, 3.63) is 31.5 Å². The molecular formula is C37H57N3O11. The number of hydrogen-bond donors (Lipinski definition) is 0. The average molecular weight is 720 g/mol. The van der Waals surface area contributed by atoms with Crippen molar-refractivity contribution < 1.29 is 38.1 Å². The third kappa shape index (κ3) is 11.9. The molecule has 0 radical (unpaired) electrons. The highest BCUT2D eigenvalue weighted by Gasteiger charge is 2.44. The number of fused-ring (bicyclic) bond motifs is 1. The SMILES string of the molecule is CC1CCCC(COC(=O)CCCn2c(=O)n(CCCC(=O)OCC3CCC(C)OC3)c(=O)n(CCCC(=O)OCC3CCC4OC4C3)c2=O)C1. The van der Waals surface area contributed by atoms with Crippen molar-refractivity contribution >= 4 is 17.9 Å². The lowest BCUT2D eigenvalue weighted by Crippen LogP contribution is -2.54. The van der Waals surface area contributed by atoms with E-state index in [-0.39, 0.29) is 94.8 Å². The molecule has 1 aromatic heterocycles. The van der Waals surface area contributed by atoms with Gasteiger partial charge in [-0.2, -0.15) is 0 Å². The molecule has 0 spiro atoms. The van der Waals surface area contributed by atoms with Crippen LogP contribution in [0.4, 0.5) is 0 Å². The quantitative estimate of drug-likeness (QED) is 0.124. The van der Waals surface area contributed by atoms with E-state index in [2.05, 4.69) is 6.92 Å². The first-order valence-electron chi connectivity index (χ1n) is 19.3. The maximum atomic E-state index is 13.5. The molecule has 286 valence electrons. The largest absolute Gasteiger partial charge is 0.465 e. The molecule has 0 amide bonds. The first kappa shape index (κ1) is 39.0. The van der Waals surface area contributed by atoms with Gasteiger partial charge in [-0.3, -0.25) is 14.4 Å². The van der Waals surface area contributed by atoms with Crippen LogP contribution in [-0.4, -0.2) is 76.3 Å². The van der Waals surface area contributed by atoms with Gasteiger partial charge in [0.2, 0.25) is 0 Å². The summed E-state index contributed by atoms with van der Waals surface area (Å²) < 4.78 is 30.4. The van der Waals surface area contributed by atoms with Crippen molar-refractivity contribution in [2.24, 2.45) is 23.7 Å². The molecule has 5 rings (SSSR count). The van der Waals surface area contributed by atoms with E-state index < -0.39 is 29.0 Å². The summed E-state index contributed by atoms with van der Waals surface area (Å²) in [7, 11) is 0. The number of esters is 3. The van der Waals surface area contributed by atoms with Gasteiger partial charge in [-0.25, -0.2) is 28.1 Å². The highest BCUT2D eigenvalue weighted by atomic mass is 16.6. The molecule has 2 aliphatic carbocycles. The van der Waals surface area contributed by atoms with Crippen LogP contribution in [0.25, 0.3) is 0 Å². The van der Waals surface area contributed by atoms with Crippen LogP contribution in [0.15, 0.2) is 14.4 Å². The van der Waals surface area contributed by atoms with E-state index in [1.807, 2.05) is 6.92 Å². The van der Waals surface area contributed by atoms with Gasteiger partial charge in [-0.15, -0.1) is 0 Å². The highest BCUT2D eigenvalue weighted by Crippen LogP contribution is 2.39. The lowest BCUT2D eigenvalue weighted by Gasteiger charge is -2.26. The second-order valence-corrected chi connectivity index (χ2v) is 15.3. The number of aromatic nitrogens is 3. The Morgan fingerprint density at radius 3 is 1.57 bits per heavy atom. The first-order valence-corrected chi connectivity index (χ1v) is 19.3. The molecule has 2 saturated heterocycles. The van der Waals surface area contributed by atoms with E-state index >= 15 is 0 Å². The smallest absolute Gasteiger partial charge is 0.336 e. The van der Waals surface area contributed by atoms with Gasteiger partial charge in [0.1, 0.15) is 0 Å². The van der Waals surface area contributed by atoms with Crippen LogP contribution in [0.2, 0.25) is 0 Å². The van der Waals surface area contributed by atoms with Crippen molar-refractivity contribution in [3.63, 3.8) is 0 Å². The number of hydrogen-bond acceptors (Lipinski definition) is 11. The summed E-state index contributed by atoms with van der Waals surface area (Å²) in [5.41, 5.74) is -2.41. The minimum atomic E-state index is -0.807. The van der Waals surface area contributed by atoms with Gasteiger partial charge < -0.3 is 23.7 Å². The molecule has 1 aromatic rings. The fraction of sp³-hybridized carbons (Fsp3) is 0.838. The molecule has 3 heterocycles. The van der Waals surface area contributed by atoms with Crippen LogP contribution in [0.5, 0.6) is 0 Å². The van der Waals surface area contributed by atoms with E-state index in [4.69, 9.17) is 23.7 Å². The van der Waals surface area contributed by atoms with E-state index in [1.54, 1.807) is 0 Å². The second-order valence-electron chi connectivity index (χ2n) is 15.3. The molecule has 2 aliphatic heterocycles. The van der Waals surface area contributed by atoms with Crippen LogP contribution in [0.3, 0.4) is 0 Å². The van der Waals surface area contributed by atoms with E-state index in [0.29, 0.717) is 37.8 Å². The fourth-order valence-corrected chi connectivity index (χ4v) is 7.67. The average Bonchev–Trinajstić information content (AvgIpc) is 3.90. The topological polar surface area (TPSA) is 167 Å². The molecule has 0 bridgehead atoms. The van der Waals surface area contributed by atoms with Crippen molar-refractivity contribution in [2.75, 3.05) is 26.4 Å². The molecule has 14 heteroatoms. The highest BCUT2D eigenvalue weighted by molar-refractivity contribution is 5.70. The summed E-state index contributed by atoms with van der Waals surface area (Å²) in [6, 6.07) is 0. The number of rotatable bonds is 18. The van der Waals surface area contributed by atoms with Crippen LogP contribution in [0.1, 0.15) is 110 Å². The van der Waals surface area contributed by atoms with Crippen molar-refractivity contribution in [3.8, 4) is 0 Å². The van der Waals surface area contributed by atoms with Crippen LogP contribution in [0, 0.1) is 23.7 Å². The first-order chi connectivity index (χ1) is 24.6. The zero-order chi connectivity index (χ0) is 36.3. The normalized spacial score (nSPS) is 27.3. The summed E-state index contributed by atoms with van der Waals surface area (Å²) in [4.78, 5) is 77.9. The molecule has 2 saturated carbocycles. The Kier molecular flexibility index (Phi) is 14.5. The van der Waals surface area contributed by atoms with E-state index in [9.17, 15) is 28.8 Å². The molecule has 0 N–H and O–H groups in total. The Balaban J connectivity index is 1.15. The summed E-state index contributed by atoms with van der Waals surface area (Å²) in [5.74, 6) is 0.138. The number of nitrogens with zero attached hydrogens (tertiary/aromatic N) is 3. The predicted octanol–water partition coefficient (Wildman–Crippen LogP) is 3.35. The molecule has 4 fully saturated rings. The fourth-order valence-electron chi connectivity index (χ4n) is 7.67. The minimum Gasteiger partial charge on any atom is -0.465 e. The van der Waals surface area contributed by atoms with E-state index in [1.165, 1.54) is 6.42 Å².